The van der Waals surface area contributed by atoms with Gasteiger partial charge < -0.3 is 24.2 Å². The molecule has 0 radical (unpaired) electrons. The number of aliphatic carboxylic acids is 1. The molecule has 0 unspecified atom stereocenters. The van der Waals surface area contributed by atoms with Gasteiger partial charge in [-0.05, 0) is 60.9 Å². The zero-order valence-corrected chi connectivity index (χ0v) is 24.0. The van der Waals surface area contributed by atoms with E-state index in [0.29, 0.717) is 13.0 Å². The van der Waals surface area contributed by atoms with Crippen LogP contribution in [0, 0.1) is 18.3 Å². The van der Waals surface area contributed by atoms with Crippen molar-refractivity contribution in [3.8, 4) is 5.75 Å². The fraction of sp³-hybridized carbons (Fsp3) is 0.548. The maximum atomic E-state index is 14.1. The SMILES string of the molecule is COc1ccc(C(F)(F)F)cc1CO[C@H]1[C@H](C(C)(C)C)[C@@H](C(=O)O)N(C(=O)[C@@H]2CCCCO2)[C@H]1c1ccccc1C. The maximum absolute atomic E-state index is 14.1. The van der Waals surface area contributed by atoms with Crippen LogP contribution in [-0.4, -0.2) is 53.8 Å². The normalized spacial score (nSPS) is 25.3. The first kappa shape index (κ1) is 30.8. The van der Waals surface area contributed by atoms with Crippen LogP contribution >= 0.6 is 0 Å². The second-order valence-electron chi connectivity index (χ2n) is 11.9. The Bertz CT molecular complexity index is 1250. The number of carboxylic acid groups (broad SMARTS) is 1. The highest BCUT2D eigenvalue weighted by Gasteiger charge is 2.59. The van der Waals surface area contributed by atoms with Gasteiger partial charge in [0.1, 0.15) is 17.9 Å². The zero-order chi connectivity index (χ0) is 30.1. The predicted octanol–water partition coefficient (Wildman–Crippen LogP) is 6.18. The average molecular weight is 578 g/mol. The highest BCUT2D eigenvalue weighted by atomic mass is 19.4. The number of benzene rings is 2. The molecular formula is C31H38F3NO6. The molecule has 224 valence electrons. The van der Waals surface area contributed by atoms with Gasteiger partial charge in [0.2, 0.25) is 0 Å². The number of nitrogens with zero attached hydrogens (tertiary/aromatic N) is 1. The molecule has 5 atom stereocenters. The average Bonchev–Trinajstić information content (AvgIpc) is 3.27. The van der Waals surface area contributed by atoms with E-state index in [9.17, 15) is 27.9 Å². The lowest BCUT2D eigenvalue weighted by Gasteiger charge is -2.35. The third-order valence-electron chi connectivity index (χ3n) is 8.11. The standard InChI is InChI=1S/C31H38F3NO6/c1-18-10-6-7-11-21(18)25-27(41-17-19-16-20(31(32,33)34)13-14-22(19)39-5)24(30(2,3)4)26(29(37)38)35(25)28(36)23-12-8-9-15-40-23/h6-7,10-11,13-14,16,23-27H,8-9,12,15,17H2,1-5H3,(H,37,38)/t23-,24+,25-,26-,27-/m0/s1. The molecule has 0 aromatic heterocycles. The van der Waals surface area contributed by atoms with Crippen molar-refractivity contribution in [3.63, 3.8) is 0 Å². The van der Waals surface area contributed by atoms with E-state index < -0.39 is 59.2 Å². The van der Waals surface area contributed by atoms with Crippen LogP contribution in [0.2, 0.25) is 0 Å². The fourth-order valence-electron chi connectivity index (χ4n) is 6.19. The molecule has 7 nitrogen and oxygen atoms in total. The summed E-state index contributed by atoms with van der Waals surface area (Å²) in [6.45, 7) is 7.66. The summed E-state index contributed by atoms with van der Waals surface area (Å²) in [6.07, 6.45) is -4.11. The third-order valence-corrected chi connectivity index (χ3v) is 8.11. The van der Waals surface area contributed by atoms with Gasteiger partial charge in [0, 0.05) is 18.1 Å². The fourth-order valence-corrected chi connectivity index (χ4v) is 6.19. The Hall–Kier alpha value is -3.11. The number of carbonyl (C=O) groups excluding carboxylic acids is 1. The van der Waals surface area contributed by atoms with Gasteiger partial charge in [0.15, 0.2) is 0 Å². The lowest BCUT2D eigenvalue weighted by Crippen LogP contribution is -2.51. The summed E-state index contributed by atoms with van der Waals surface area (Å²) in [5.41, 5.74) is 0.223. The van der Waals surface area contributed by atoms with Gasteiger partial charge in [-0.3, -0.25) is 4.79 Å². The number of hydrogen-bond donors (Lipinski definition) is 1. The van der Waals surface area contributed by atoms with Gasteiger partial charge in [0.25, 0.3) is 5.91 Å². The molecule has 0 saturated carbocycles. The van der Waals surface area contributed by atoms with Crippen molar-refractivity contribution in [2.75, 3.05) is 13.7 Å². The highest BCUT2D eigenvalue weighted by Crippen LogP contribution is 2.51. The molecule has 2 saturated heterocycles. The predicted molar refractivity (Wildman–Crippen MR) is 145 cm³/mol. The lowest BCUT2D eigenvalue weighted by molar-refractivity contribution is -0.159. The van der Waals surface area contributed by atoms with Crippen molar-refractivity contribution >= 4 is 11.9 Å². The molecule has 41 heavy (non-hydrogen) atoms. The first-order chi connectivity index (χ1) is 19.3. The van der Waals surface area contributed by atoms with E-state index >= 15 is 0 Å². The number of likely N-dealkylation sites (tertiary alicyclic amines) is 1. The number of aryl methyl sites for hydroxylation is 1. The van der Waals surface area contributed by atoms with Crippen LogP contribution in [-0.2, 0) is 31.8 Å². The van der Waals surface area contributed by atoms with Crippen LogP contribution in [0.1, 0.15) is 68.3 Å². The maximum Gasteiger partial charge on any atom is 0.416 e. The number of rotatable bonds is 7. The van der Waals surface area contributed by atoms with E-state index in [0.717, 1.165) is 36.1 Å². The minimum absolute atomic E-state index is 0.172. The van der Waals surface area contributed by atoms with E-state index in [1.165, 1.54) is 18.1 Å². The number of halogens is 3. The topological polar surface area (TPSA) is 85.3 Å². The van der Waals surface area contributed by atoms with E-state index in [-0.39, 0.29) is 17.9 Å². The second-order valence-corrected chi connectivity index (χ2v) is 11.9. The quantitative estimate of drug-likeness (QED) is 0.423. The molecule has 4 rings (SSSR count). The van der Waals surface area contributed by atoms with Gasteiger partial charge >= 0.3 is 12.1 Å². The van der Waals surface area contributed by atoms with Crippen LogP contribution in [0.25, 0.3) is 0 Å². The zero-order valence-electron chi connectivity index (χ0n) is 24.0. The molecule has 1 amide bonds. The van der Waals surface area contributed by atoms with Crippen molar-refractivity contribution in [2.24, 2.45) is 11.3 Å². The van der Waals surface area contributed by atoms with Gasteiger partial charge in [-0.2, -0.15) is 13.2 Å². The number of carbonyl (C=O) groups is 2. The molecule has 2 heterocycles. The minimum Gasteiger partial charge on any atom is -0.496 e. The third kappa shape index (κ3) is 6.38. The number of alkyl halides is 3. The summed E-state index contributed by atoms with van der Waals surface area (Å²) in [5.74, 6) is -2.07. The van der Waals surface area contributed by atoms with Crippen LogP contribution in [0.4, 0.5) is 13.2 Å². The van der Waals surface area contributed by atoms with E-state index in [1.54, 1.807) is 0 Å². The molecule has 0 aliphatic carbocycles. The van der Waals surface area contributed by atoms with Crippen LogP contribution in [0.5, 0.6) is 5.75 Å². The number of hydrogen-bond acceptors (Lipinski definition) is 5. The van der Waals surface area contributed by atoms with E-state index in [2.05, 4.69) is 0 Å². The molecule has 0 spiro atoms. The molecular weight excluding hydrogens is 539 g/mol. The lowest BCUT2D eigenvalue weighted by atomic mass is 9.73. The Morgan fingerprint density at radius 1 is 1.10 bits per heavy atom. The molecule has 1 N–H and O–H groups in total. The number of carboxylic acids is 1. The molecule has 2 aliphatic rings. The summed E-state index contributed by atoms with van der Waals surface area (Å²) < 4.78 is 58.2. The van der Waals surface area contributed by atoms with Crippen molar-refractivity contribution in [1.82, 2.24) is 4.90 Å². The first-order valence-electron chi connectivity index (χ1n) is 13.8. The monoisotopic (exact) mass is 577 g/mol. The molecule has 2 aliphatic heterocycles. The molecule has 10 heteroatoms. The van der Waals surface area contributed by atoms with Gasteiger partial charge in [-0.1, -0.05) is 45.0 Å². The Morgan fingerprint density at radius 3 is 2.37 bits per heavy atom. The smallest absolute Gasteiger partial charge is 0.416 e. The van der Waals surface area contributed by atoms with Crippen LogP contribution in [0.15, 0.2) is 42.5 Å². The Balaban J connectivity index is 1.84. The highest BCUT2D eigenvalue weighted by molar-refractivity contribution is 5.88. The van der Waals surface area contributed by atoms with Gasteiger partial charge in [0.05, 0.1) is 31.4 Å². The van der Waals surface area contributed by atoms with Crippen molar-refractivity contribution < 1.29 is 42.1 Å². The van der Waals surface area contributed by atoms with E-state index in [1.807, 2.05) is 52.0 Å². The molecule has 2 aromatic carbocycles. The number of methoxy groups -OCH3 is 1. The van der Waals surface area contributed by atoms with Crippen molar-refractivity contribution in [2.45, 2.75) is 84.0 Å². The molecule has 2 fully saturated rings. The van der Waals surface area contributed by atoms with Gasteiger partial charge in [-0.15, -0.1) is 0 Å². The minimum atomic E-state index is -4.57. The Labute approximate surface area is 238 Å². The summed E-state index contributed by atoms with van der Waals surface area (Å²) in [7, 11) is 1.36. The molecule has 0 bridgehead atoms. The second kappa shape index (κ2) is 12.0. The molecule has 2 aromatic rings. The number of amides is 1. The van der Waals surface area contributed by atoms with Gasteiger partial charge in [-0.25, -0.2) is 4.79 Å². The largest absolute Gasteiger partial charge is 0.496 e. The van der Waals surface area contributed by atoms with Crippen molar-refractivity contribution in [1.29, 1.82) is 0 Å². The first-order valence-corrected chi connectivity index (χ1v) is 13.8. The Morgan fingerprint density at radius 2 is 1.80 bits per heavy atom. The van der Waals surface area contributed by atoms with E-state index in [4.69, 9.17) is 14.2 Å². The summed E-state index contributed by atoms with van der Waals surface area (Å²) in [6, 6.07) is 8.50. The summed E-state index contributed by atoms with van der Waals surface area (Å²) in [4.78, 5) is 28.5. The van der Waals surface area contributed by atoms with Crippen molar-refractivity contribution in [3.05, 3.63) is 64.7 Å². The van der Waals surface area contributed by atoms with Crippen LogP contribution in [0.3, 0.4) is 0 Å². The Kier molecular flexibility index (Phi) is 9.04. The van der Waals surface area contributed by atoms with Crippen LogP contribution < -0.4 is 4.74 Å². The summed E-state index contributed by atoms with van der Waals surface area (Å²) in [5, 5.41) is 10.6. The summed E-state index contributed by atoms with van der Waals surface area (Å²) >= 11 is 0. The number of ether oxygens (including phenoxy) is 3.